The summed E-state index contributed by atoms with van der Waals surface area (Å²) in [5, 5.41) is 2.84. The maximum absolute atomic E-state index is 11.5. The molecule has 0 aromatic carbocycles. The van der Waals surface area contributed by atoms with E-state index >= 15 is 0 Å². The van der Waals surface area contributed by atoms with E-state index in [4.69, 9.17) is 11.6 Å². The summed E-state index contributed by atoms with van der Waals surface area (Å²) in [6, 6.07) is 3.48. The molecule has 0 aliphatic carbocycles. The molecule has 1 aromatic heterocycles. The highest BCUT2D eigenvalue weighted by molar-refractivity contribution is 7.17. The SMILES string of the molecule is C[NH+](C)CCNC(=O)c1ccc(Cl)s1. The Balaban J connectivity index is 2.36. The molecule has 0 spiro atoms. The normalized spacial score (nSPS) is 10.6. The molecule has 0 aliphatic rings. The van der Waals surface area contributed by atoms with Crippen LogP contribution in [0.5, 0.6) is 0 Å². The predicted octanol–water partition coefficient (Wildman–Crippen LogP) is 0.276. The molecule has 0 saturated carbocycles. The molecule has 1 amide bonds. The molecule has 3 nitrogen and oxygen atoms in total. The Morgan fingerprint density at radius 3 is 2.79 bits per heavy atom. The first-order chi connectivity index (χ1) is 6.59. The van der Waals surface area contributed by atoms with Crippen LogP contribution in [0.3, 0.4) is 0 Å². The minimum atomic E-state index is -0.0387. The maximum atomic E-state index is 11.5. The van der Waals surface area contributed by atoms with E-state index in [-0.39, 0.29) is 5.91 Å². The second-order valence-corrected chi connectivity index (χ2v) is 5.03. The van der Waals surface area contributed by atoms with Crippen molar-refractivity contribution in [1.82, 2.24) is 5.32 Å². The van der Waals surface area contributed by atoms with Gasteiger partial charge >= 0.3 is 0 Å². The number of nitrogens with one attached hydrogen (secondary N) is 2. The lowest BCUT2D eigenvalue weighted by atomic mass is 10.4. The van der Waals surface area contributed by atoms with Crippen LogP contribution in [0, 0.1) is 0 Å². The molecule has 1 rings (SSSR count). The first-order valence-electron chi connectivity index (χ1n) is 4.42. The van der Waals surface area contributed by atoms with Gasteiger partial charge < -0.3 is 10.2 Å². The molecule has 2 N–H and O–H groups in total. The van der Waals surface area contributed by atoms with E-state index < -0.39 is 0 Å². The van der Waals surface area contributed by atoms with Crippen molar-refractivity contribution >= 4 is 28.8 Å². The highest BCUT2D eigenvalue weighted by Gasteiger charge is 2.07. The quantitative estimate of drug-likeness (QED) is 0.770. The summed E-state index contributed by atoms with van der Waals surface area (Å²) in [7, 11) is 4.10. The molecular formula is C9H14ClN2OS+. The standard InChI is InChI=1S/C9H13ClN2OS/c1-12(2)6-5-11-9(13)7-3-4-8(10)14-7/h3-4H,5-6H2,1-2H3,(H,11,13)/p+1. The van der Waals surface area contributed by atoms with E-state index in [0.29, 0.717) is 15.8 Å². The van der Waals surface area contributed by atoms with Gasteiger partial charge in [0.1, 0.15) is 0 Å². The molecule has 0 unspecified atom stereocenters. The lowest BCUT2D eigenvalue weighted by Gasteiger charge is -2.07. The van der Waals surface area contributed by atoms with Crippen LogP contribution in [0.4, 0.5) is 0 Å². The zero-order chi connectivity index (χ0) is 10.6. The van der Waals surface area contributed by atoms with Gasteiger partial charge in [0.25, 0.3) is 5.91 Å². The molecule has 0 saturated heterocycles. The smallest absolute Gasteiger partial charge is 0.261 e. The number of amides is 1. The van der Waals surface area contributed by atoms with Crippen molar-refractivity contribution in [3.05, 3.63) is 21.3 Å². The number of thiophene rings is 1. The molecule has 0 bridgehead atoms. The Hall–Kier alpha value is -0.580. The van der Waals surface area contributed by atoms with Crippen LogP contribution < -0.4 is 10.2 Å². The summed E-state index contributed by atoms with van der Waals surface area (Å²) < 4.78 is 0.647. The first-order valence-corrected chi connectivity index (χ1v) is 5.61. The molecule has 1 aromatic rings. The van der Waals surface area contributed by atoms with Crippen LogP contribution in [0.1, 0.15) is 9.67 Å². The van der Waals surface area contributed by atoms with Crippen LogP contribution in [0.2, 0.25) is 4.34 Å². The number of carbonyl (C=O) groups is 1. The van der Waals surface area contributed by atoms with Gasteiger partial charge in [-0.2, -0.15) is 0 Å². The van der Waals surface area contributed by atoms with Crippen molar-refractivity contribution in [2.45, 2.75) is 0 Å². The summed E-state index contributed by atoms with van der Waals surface area (Å²) in [5.74, 6) is -0.0387. The second-order valence-electron chi connectivity index (χ2n) is 3.32. The van der Waals surface area contributed by atoms with Crippen molar-refractivity contribution in [1.29, 1.82) is 0 Å². The lowest BCUT2D eigenvalue weighted by Crippen LogP contribution is -3.06. The number of quaternary nitrogens is 1. The summed E-state index contributed by atoms with van der Waals surface area (Å²) in [6.45, 7) is 1.61. The van der Waals surface area contributed by atoms with E-state index in [0.717, 1.165) is 6.54 Å². The number of hydrogen-bond donors (Lipinski definition) is 2. The van der Waals surface area contributed by atoms with Crippen molar-refractivity contribution in [3.8, 4) is 0 Å². The highest BCUT2D eigenvalue weighted by Crippen LogP contribution is 2.20. The molecule has 0 atom stereocenters. The first kappa shape index (κ1) is 11.5. The number of rotatable bonds is 4. The Morgan fingerprint density at radius 2 is 2.29 bits per heavy atom. The third-order valence-electron chi connectivity index (χ3n) is 1.71. The molecule has 1 heterocycles. The van der Waals surface area contributed by atoms with Gasteiger partial charge in [0, 0.05) is 0 Å². The third-order valence-corrected chi connectivity index (χ3v) is 2.94. The van der Waals surface area contributed by atoms with Crippen molar-refractivity contribution < 1.29 is 9.69 Å². The topological polar surface area (TPSA) is 33.5 Å². The van der Waals surface area contributed by atoms with Gasteiger partial charge in [-0.3, -0.25) is 4.79 Å². The molecule has 5 heteroatoms. The zero-order valence-electron chi connectivity index (χ0n) is 8.26. The number of carbonyl (C=O) groups excluding carboxylic acids is 1. The third kappa shape index (κ3) is 3.65. The Bertz CT molecular complexity index is 312. The van der Waals surface area contributed by atoms with E-state index in [1.807, 2.05) is 14.1 Å². The molecule has 78 valence electrons. The summed E-state index contributed by atoms with van der Waals surface area (Å²) >= 11 is 7.02. The Labute approximate surface area is 92.7 Å². The number of halogens is 1. The second kappa shape index (κ2) is 5.34. The van der Waals surface area contributed by atoms with Crippen LogP contribution >= 0.6 is 22.9 Å². The summed E-state index contributed by atoms with van der Waals surface area (Å²) in [4.78, 5) is 13.5. The van der Waals surface area contributed by atoms with Gasteiger partial charge in [-0.15, -0.1) is 11.3 Å². The fourth-order valence-corrected chi connectivity index (χ4v) is 1.91. The molecular weight excluding hydrogens is 220 g/mol. The monoisotopic (exact) mass is 233 g/mol. The predicted molar refractivity (Wildman–Crippen MR) is 59.3 cm³/mol. The molecule has 0 fully saturated rings. The fraction of sp³-hybridized carbons (Fsp3) is 0.444. The Morgan fingerprint density at radius 1 is 1.57 bits per heavy atom. The fourth-order valence-electron chi connectivity index (χ4n) is 0.949. The molecule has 14 heavy (non-hydrogen) atoms. The van der Waals surface area contributed by atoms with Crippen LogP contribution in [0.25, 0.3) is 0 Å². The minimum Gasteiger partial charge on any atom is -0.346 e. The number of hydrogen-bond acceptors (Lipinski definition) is 2. The highest BCUT2D eigenvalue weighted by atomic mass is 35.5. The largest absolute Gasteiger partial charge is 0.346 e. The maximum Gasteiger partial charge on any atom is 0.261 e. The van der Waals surface area contributed by atoms with E-state index in [1.165, 1.54) is 16.2 Å². The Kier molecular flexibility index (Phi) is 4.38. The van der Waals surface area contributed by atoms with Gasteiger partial charge in [-0.05, 0) is 12.1 Å². The van der Waals surface area contributed by atoms with Crippen molar-refractivity contribution in [2.75, 3.05) is 27.2 Å². The van der Waals surface area contributed by atoms with E-state index in [9.17, 15) is 4.79 Å². The van der Waals surface area contributed by atoms with Crippen LogP contribution in [0.15, 0.2) is 12.1 Å². The number of likely N-dealkylation sites (N-methyl/N-ethyl adjacent to an activating group) is 1. The van der Waals surface area contributed by atoms with Crippen LogP contribution in [-0.4, -0.2) is 33.1 Å². The van der Waals surface area contributed by atoms with Gasteiger partial charge in [0.15, 0.2) is 0 Å². The van der Waals surface area contributed by atoms with E-state index in [1.54, 1.807) is 12.1 Å². The average Bonchev–Trinajstić information content (AvgIpc) is 2.51. The average molecular weight is 234 g/mol. The molecule has 0 aliphatic heterocycles. The van der Waals surface area contributed by atoms with Crippen molar-refractivity contribution in [2.24, 2.45) is 0 Å². The van der Waals surface area contributed by atoms with Gasteiger partial charge in [0.2, 0.25) is 0 Å². The lowest BCUT2D eigenvalue weighted by molar-refractivity contribution is -0.856. The van der Waals surface area contributed by atoms with E-state index in [2.05, 4.69) is 5.32 Å². The van der Waals surface area contributed by atoms with Crippen molar-refractivity contribution in [3.63, 3.8) is 0 Å². The van der Waals surface area contributed by atoms with Gasteiger partial charge in [-0.1, -0.05) is 11.6 Å². The van der Waals surface area contributed by atoms with Gasteiger partial charge in [0.05, 0.1) is 36.4 Å². The zero-order valence-corrected chi connectivity index (χ0v) is 9.84. The molecule has 0 radical (unpaired) electrons. The summed E-state index contributed by atoms with van der Waals surface area (Å²) in [6.07, 6.45) is 0. The minimum absolute atomic E-state index is 0.0387. The van der Waals surface area contributed by atoms with Crippen LogP contribution in [-0.2, 0) is 0 Å². The van der Waals surface area contributed by atoms with Gasteiger partial charge in [-0.25, -0.2) is 0 Å². The summed E-state index contributed by atoms with van der Waals surface area (Å²) in [5.41, 5.74) is 0.